The molecule has 1 fully saturated rings. The summed E-state index contributed by atoms with van der Waals surface area (Å²) < 4.78 is 23.2. The fraction of sp³-hybridized carbons (Fsp3) is 0.455. The molecule has 1 unspecified atom stereocenters. The quantitative estimate of drug-likeness (QED) is 0.515. The van der Waals surface area contributed by atoms with E-state index in [4.69, 9.17) is 5.84 Å². The number of carbonyl (C=O) groups excluding carboxylic acids is 1. The number of nitrogens with two attached hydrogens (primary N) is 1. The van der Waals surface area contributed by atoms with Gasteiger partial charge in [-0.3, -0.25) is 4.79 Å². The van der Waals surface area contributed by atoms with Gasteiger partial charge in [-0.25, -0.2) is 19.2 Å². The highest BCUT2D eigenvalue weighted by Crippen LogP contribution is 2.19. The minimum Gasteiger partial charge on any atom is -0.351 e. The Hall–Kier alpha value is -1.67. The number of nitrogens with zero attached hydrogens (tertiary/aromatic N) is 1. The second kappa shape index (κ2) is 5.54. The average molecular weight is 284 g/mol. The predicted octanol–water partition coefficient (Wildman–Crippen LogP) is -0.326. The molecule has 2 heterocycles. The zero-order chi connectivity index (χ0) is 13.9. The minimum absolute atomic E-state index is 0.151. The van der Waals surface area contributed by atoms with Crippen molar-refractivity contribution >= 4 is 21.6 Å². The number of nitrogen functional groups attached to an aromatic ring is 1. The van der Waals surface area contributed by atoms with Crippen molar-refractivity contribution in [1.82, 2.24) is 10.3 Å². The van der Waals surface area contributed by atoms with Gasteiger partial charge in [-0.1, -0.05) is 0 Å². The first-order valence-corrected chi connectivity index (χ1v) is 7.67. The Labute approximate surface area is 111 Å². The number of hydrazine groups is 1. The number of sulfone groups is 1. The van der Waals surface area contributed by atoms with Gasteiger partial charge in [0.1, 0.15) is 5.82 Å². The van der Waals surface area contributed by atoms with E-state index in [1.807, 2.05) is 0 Å². The fourth-order valence-corrected chi connectivity index (χ4v) is 3.78. The predicted molar refractivity (Wildman–Crippen MR) is 71.2 cm³/mol. The van der Waals surface area contributed by atoms with Crippen LogP contribution in [-0.4, -0.2) is 36.9 Å². The Morgan fingerprint density at radius 1 is 1.47 bits per heavy atom. The molecule has 19 heavy (non-hydrogen) atoms. The largest absolute Gasteiger partial charge is 0.351 e. The number of carbonyl (C=O) groups is 1. The third-order valence-electron chi connectivity index (χ3n) is 3.13. The molecule has 1 aromatic rings. The molecule has 0 saturated carbocycles. The van der Waals surface area contributed by atoms with Gasteiger partial charge in [-0.2, -0.15) is 0 Å². The minimum atomic E-state index is -3.03. The van der Waals surface area contributed by atoms with Crippen molar-refractivity contribution in [2.45, 2.75) is 18.1 Å². The lowest BCUT2D eigenvalue weighted by atomic mass is 10.2. The van der Waals surface area contributed by atoms with E-state index in [-0.39, 0.29) is 18.2 Å². The molecule has 104 valence electrons. The first-order chi connectivity index (χ1) is 9.03. The monoisotopic (exact) mass is 284 g/mol. The first kappa shape index (κ1) is 13.8. The van der Waals surface area contributed by atoms with Crippen LogP contribution in [-0.2, 0) is 9.84 Å². The van der Waals surface area contributed by atoms with E-state index in [9.17, 15) is 13.2 Å². The van der Waals surface area contributed by atoms with Gasteiger partial charge in [0, 0.05) is 12.7 Å². The molecule has 1 atom stereocenters. The Morgan fingerprint density at radius 3 is 2.79 bits per heavy atom. The standard InChI is InChI=1S/C11H16N4O3S/c12-15-10-4-3-8(6-13-10)11(16)14-7-9-2-1-5-19(9,17)18/h3-4,6,9H,1-2,5,7,12H2,(H,13,15)(H,14,16). The molecule has 8 heteroatoms. The Kier molecular flexibility index (Phi) is 4.01. The van der Waals surface area contributed by atoms with Crippen molar-refractivity contribution in [3.63, 3.8) is 0 Å². The molecular weight excluding hydrogens is 268 g/mol. The molecule has 4 N–H and O–H groups in total. The Bertz CT molecular complexity index is 556. The number of aromatic nitrogens is 1. The van der Waals surface area contributed by atoms with Gasteiger partial charge in [0.25, 0.3) is 5.91 Å². The van der Waals surface area contributed by atoms with E-state index in [0.717, 1.165) is 0 Å². The highest BCUT2D eigenvalue weighted by molar-refractivity contribution is 7.92. The van der Waals surface area contributed by atoms with E-state index in [0.29, 0.717) is 24.2 Å². The van der Waals surface area contributed by atoms with Gasteiger partial charge in [0.05, 0.1) is 16.6 Å². The summed E-state index contributed by atoms with van der Waals surface area (Å²) in [5, 5.41) is 2.16. The van der Waals surface area contributed by atoms with Crippen molar-refractivity contribution in [2.24, 2.45) is 5.84 Å². The molecule has 2 rings (SSSR count). The number of anilines is 1. The highest BCUT2D eigenvalue weighted by Gasteiger charge is 2.31. The molecular formula is C11H16N4O3S. The summed E-state index contributed by atoms with van der Waals surface area (Å²) in [6, 6.07) is 3.14. The summed E-state index contributed by atoms with van der Waals surface area (Å²) in [6.07, 6.45) is 2.66. The summed E-state index contributed by atoms with van der Waals surface area (Å²) in [5.41, 5.74) is 2.73. The van der Waals surface area contributed by atoms with Crippen LogP contribution in [0.1, 0.15) is 23.2 Å². The lowest BCUT2D eigenvalue weighted by Gasteiger charge is -2.10. The Morgan fingerprint density at radius 2 is 2.26 bits per heavy atom. The molecule has 0 bridgehead atoms. The lowest BCUT2D eigenvalue weighted by Crippen LogP contribution is -2.34. The van der Waals surface area contributed by atoms with Gasteiger partial charge in [-0.05, 0) is 25.0 Å². The molecule has 1 aliphatic rings. The van der Waals surface area contributed by atoms with Gasteiger partial charge < -0.3 is 10.7 Å². The SMILES string of the molecule is NNc1ccc(C(=O)NCC2CCCS2(=O)=O)cn1. The van der Waals surface area contributed by atoms with Crippen LogP contribution in [0.15, 0.2) is 18.3 Å². The summed E-state index contributed by atoms with van der Waals surface area (Å²) in [6.45, 7) is 0.151. The fourth-order valence-electron chi connectivity index (χ4n) is 2.01. The molecule has 0 aromatic carbocycles. The van der Waals surface area contributed by atoms with E-state index in [1.54, 1.807) is 12.1 Å². The molecule has 1 saturated heterocycles. The van der Waals surface area contributed by atoms with Crippen LogP contribution in [0.4, 0.5) is 5.82 Å². The van der Waals surface area contributed by atoms with E-state index < -0.39 is 15.1 Å². The number of nitrogens with one attached hydrogen (secondary N) is 2. The maximum absolute atomic E-state index is 11.8. The van der Waals surface area contributed by atoms with Gasteiger partial charge >= 0.3 is 0 Å². The number of amides is 1. The molecule has 1 amide bonds. The van der Waals surface area contributed by atoms with Crippen molar-refractivity contribution in [1.29, 1.82) is 0 Å². The van der Waals surface area contributed by atoms with E-state index in [1.165, 1.54) is 6.20 Å². The summed E-state index contributed by atoms with van der Waals surface area (Å²) in [7, 11) is -3.03. The van der Waals surface area contributed by atoms with Crippen molar-refractivity contribution in [3.8, 4) is 0 Å². The van der Waals surface area contributed by atoms with Gasteiger partial charge in [0.15, 0.2) is 9.84 Å². The number of hydrogen-bond acceptors (Lipinski definition) is 6. The normalized spacial score (nSPS) is 21.0. The topological polar surface area (TPSA) is 114 Å². The average Bonchev–Trinajstić information content (AvgIpc) is 2.75. The molecule has 1 aliphatic heterocycles. The third-order valence-corrected chi connectivity index (χ3v) is 5.40. The van der Waals surface area contributed by atoms with E-state index in [2.05, 4.69) is 15.7 Å². The highest BCUT2D eigenvalue weighted by atomic mass is 32.2. The second-order valence-corrected chi connectivity index (χ2v) is 6.82. The van der Waals surface area contributed by atoms with Crippen LogP contribution in [0, 0.1) is 0 Å². The molecule has 0 spiro atoms. The zero-order valence-electron chi connectivity index (χ0n) is 10.3. The van der Waals surface area contributed by atoms with Crippen LogP contribution in [0.5, 0.6) is 0 Å². The van der Waals surface area contributed by atoms with Crippen molar-refractivity contribution in [3.05, 3.63) is 23.9 Å². The van der Waals surface area contributed by atoms with E-state index >= 15 is 0 Å². The second-order valence-electron chi connectivity index (χ2n) is 4.42. The molecule has 0 radical (unpaired) electrons. The van der Waals surface area contributed by atoms with Crippen molar-refractivity contribution in [2.75, 3.05) is 17.7 Å². The number of hydrogen-bond donors (Lipinski definition) is 3. The molecule has 1 aromatic heterocycles. The summed E-state index contributed by atoms with van der Waals surface area (Å²) in [4.78, 5) is 15.7. The van der Waals surface area contributed by atoms with Crippen LogP contribution < -0.4 is 16.6 Å². The summed E-state index contributed by atoms with van der Waals surface area (Å²) in [5.74, 6) is 5.50. The third kappa shape index (κ3) is 3.21. The van der Waals surface area contributed by atoms with Crippen LogP contribution >= 0.6 is 0 Å². The summed E-state index contributed by atoms with van der Waals surface area (Å²) >= 11 is 0. The first-order valence-electron chi connectivity index (χ1n) is 5.95. The van der Waals surface area contributed by atoms with Gasteiger partial charge in [0.2, 0.25) is 0 Å². The van der Waals surface area contributed by atoms with Crippen LogP contribution in [0.25, 0.3) is 0 Å². The smallest absolute Gasteiger partial charge is 0.252 e. The van der Waals surface area contributed by atoms with Gasteiger partial charge in [-0.15, -0.1) is 0 Å². The maximum atomic E-state index is 11.8. The molecule has 7 nitrogen and oxygen atoms in total. The van der Waals surface area contributed by atoms with Crippen LogP contribution in [0.3, 0.4) is 0 Å². The molecule has 0 aliphatic carbocycles. The number of rotatable bonds is 4. The van der Waals surface area contributed by atoms with Crippen LogP contribution in [0.2, 0.25) is 0 Å². The number of pyridine rings is 1. The lowest BCUT2D eigenvalue weighted by molar-refractivity contribution is 0.0953. The maximum Gasteiger partial charge on any atom is 0.252 e. The van der Waals surface area contributed by atoms with Crippen molar-refractivity contribution < 1.29 is 13.2 Å². The zero-order valence-corrected chi connectivity index (χ0v) is 11.1. The Balaban J connectivity index is 1.94.